The van der Waals surface area contributed by atoms with Crippen molar-refractivity contribution in [3.05, 3.63) is 33.8 Å². The van der Waals surface area contributed by atoms with Crippen LogP contribution in [-0.2, 0) is 4.79 Å². The zero-order valence-corrected chi connectivity index (χ0v) is 13.7. The summed E-state index contributed by atoms with van der Waals surface area (Å²) in [7, 11) is 0. The summed E-state index contributed by atoms with van der Waals surface area (Å²) in [5.41, 5.74) is 5.79. The van der Waals surface area contributed by atoms with Crippen LogP contribution in [0.5, 0.6) is 0 Å². The van der Waals surface area contributed by atoms with Gasteiger partial charge in [-0.2, -0.15) is 0 Å². The lowest BCUT2D eigenvalue weighted by atomic mass is 9.96. The van der Waals surface area contributed by atoms with Gasteiger partial charge in [0.1, 0.15) is 0 Å². The Morgan fingerprint density at radius 2 is 2.14 bits per heavy atom. The van der Waals surface area contributed by atoms with Crippen LogP contribution < -0.4 is 11.1 Å². The maximum atomic E-state index is 12.6. The highest BCUT2D eigenvalue weighted by Crippen LogP contribution is 2.25. The third kappa shape index (κ3) is 4.12. The first-order valence-electron chi connectivity index (χ1n) is 7.25. The number of likely N-dealkylation sites (tertiary alicyclic amines) is 1. The molecule has 1 heterocycles. The summed E-state index contributed by atoms with van der Waals surface area (Å²) in [4.78, 5) is 26.3. The molecule has 120 valence electrons. The minimum Gasteiger partial charge on any atom is -0.355 e. The molecule has 1 aliphatic heterocycles. The van der Waals surface area contributed by atoms with Gasteiger partial charge in [0, 0.05) is 31.2 Å². The highest BCUT2D eigenvalue weighted by atomic mass is 35.5. The molecule has 1 fully saturated rings. The molecule has 0 radical (unpaired) electrons. The Labute approximate surface area is 139 Å². The first kappa shape index (κ1) is 17.1. The Kier molecular flexibility index (Phi) is 6.06. The SMILES string of the molecule is NCCNC(=O)C1CCCN(C(=O)c2ccc(Cl)cc2Cl)C1. The minimum absolute atomic E-state index is 0.0508. The molecule has 0 aliphatic carbocycles. The molecule has 1 atom stereocenters. The molecule has 1 unspecified atom stereocenters. The van der Waals surface area contributed by atoms with Gasteiger partial charge in [0.05, 0.1) is 16.5 Å². The van der Waals surface area contributed by atoms with Crippen LogP contribution in [0.3, 0.4) is 0 Å². The van der Waals surface area contributed by atoms with Crippen molar-refractivity contribution in [3.63, 3.8) is 0 Å². The topological polar surface area (TPSA) is 75.4 Å². The van der Waals surface area contributed by atoms with Crippen molar-refractivity contribution in [2.75, 3.05) is 26.2 Å². The van der Waals surface area contributed by atoms with E-state index in [4.69, 9.17) is 28.9 Å². The standard InChI is InChI=1S/C15H19Cl2N3O2/c16-11-3-4-12(13(17)8-11)15(22)20-7-1-2-10(9-20)14(21)19-6-5-18/h3-4,8,10H,1-2,5-7,9,18H2,(H,19,21). The Morgan fingerprint density at radius 1 is 1.36 bits per heavy atom. The van der Waals surface area contributed by atoms with Gasteiger partial charge in [-0.3, -0.25) is 9.59 Å². The molecule has 0 aromatic heterocycles. The van der Waals surface area contributed by atoms with Crippen molar-refractivity contribution in [1.29, 1.82) is 0 Å². The number of hydrogen-bond donors (Lipinski definition) is 2. The third-order valence-electron chi connectivity index (χ3n) is 3.68. The maximum absolute atomic E-state index is 12.6. The summed E-state index contributed by atoms with van der Waals surface area (Å²) in [6.45, 7) is 1.88. The number of nitrogens with one attached hydrogen (secondary N) is 1. The van der Waals surface area contributed by atoms with Gasteiger partial charge in [-0.1, -0.05) is 23.2 Å². The second kappa shape index (κ2) is 7.81. The highest BCUT2D eigenvalue weighted by molar-refractivity contribution is 6.36. The molecule has 0 spiro atoms. The number of carbonyl (C=O) groups excluding carboxylic acids is 2. The van der Waals surface area contributed by atoms with E-state index in [1.165, 1.54) is 0 Å². The molecule has 1 aromatic rings. The van der Waals surface area contributed by atoms with Gasteiger partial charge >= 0.3 is 0 Å². The molecule has 0 bridgehead atoms. The minimum atomic E-state index is -0.199. The highest BCUT2D eigenvalue weighted by Gasteiger charge is 2.29. The summed E-state index contributed by atoms with van der Waals surface area (Å²) >= 11 is 11.9. The number of nitrogens with two attached hydrogens (primary N) is 1. The average Bonchev–Trinajstić information content (AvgIpc) is 2.52. The van der Waals surface area contributed by atoms with Crippen molar-refractivity contribution >= 4 is 35.0 Å². The van der Waals surface area contributed by atoms with Gasteiger partial charge in [0.25, 0.3) is 5.91 Å². The van der Waals surface area contributed by atoms with E-state index in [1.54, 1.807) is 23.1 Å². The summed E-state index contributed by atoms with van der Waals surface area (Å²) in [6, 6.07) is 4.80. The van der Waals surface area contributed by atoms with E-state index >= 15 is 0 Å². The second-order valence-corrected chi connectivity index (χ2v) is 6.14. The predicted octanol–water partition coefficient (Wildman–Crippen LogP) is 1.92. The van der Waals surface area contributed by atoms with Crippen LogP contribution in [0.25, 0.3) is 0 Å². The number of amides is 2. The summed E-state index contributed by atoms with van der Waals surface area (Å²) < 4.78 is 0. The fourth-order valence-corrected chi connectivity index (χ4v) is 3.04. The Hall–Kier alpha value is -1.30. The van der Waals surface area contributed by atoms with Crippen LogP contribution in [0, 0.1) is 5.92 Å². The Morgan fingerprint density at radius 3 is 2.82 bits per heavy atom. The zero-order valence-electron chi connectivity index (χ0n) is 12.1. The van der Waals surface area contributed by atoms with E-state index in [0.29, 0.717) is 41.8 Å². The fraction of sp³-hybridized carbons (Fsp3) is 0.467. The average molecular weight is 344 g/mol. The third-order valence-corrected chi connectivity index (χ3v) is 4.23. The zero-order chi connectivity index (χ0) is 16.1. The van der Waals surface area contributed by atoms with E-state index in [-0.39, 0.29) is 17.7 Å². The van der Waals surface area contributed by atoms with Crippen molar-refractivity contribution in [3.8, 4) is 0 Å². The lowest BCUT2D eigenvalue weighted by Gasteiger charge is -2.32. The van der Waals surface area contributed by atoms with Crippen molar-refractivity contribution in [2.24, 2.45) is 11.7 Å². The van der Waals surface area contributed by atoms with E-state index in [2.05, 4.69) is 5.32 Å². The number of benzene rings is 1. The van der Waals surface area contributed by atoms with Gasteiger partial charge in [-0.15, -0.1) is 0 Å². The van der Waals surface area contributed by atoms with E-state index < -0.39 is 0 Å². The molecular formula is C15H19Cl2N3O2. The van der Waals surface area contributed by atoms with Gasteiger partial charge in [0.2, 0.25) is 5.91 Å². The fourth-order valence-electron chi connectivity index (χ4n) is 2.55. The van der Waals surface area contributed by atoms with Crippen molar-refractivity contribution in [1.82, 2.24) is 10.2 Å². The van der Waals surface area contributed by atoms with Gasteiger partial charge < -0.3 is 16.0 Å². The number of halogens is 2. The lowest BCUT2D eigenvalue weighted by Crippen LogP contribution is -2.46. The maximum Gasteiger partial charge on any atom is 0.255 e. The van der Waals surface area contributed by atoms with Crippen LogP contribution in [-0.4, -0.2) is 42.9 Å². The molecule has 3 N–H and O–H groups in total. The Balaban J connectivity index is 2.05. The van der Waals surface area contributed by atoms with Crippen molar-refractivity contribution in [2.45, 2.75) is 12.8 Å². The number of nitrogens with zero attached hydrogens (tertiary/aromatic N) is 1. The predicted molar refractivity (Wildman–Crippen MR) is 87.2 cm³/mol. The lowest BCUT2D eigenvalue weighted by molar-refractivity contribution is -0.126. The summed E-state index contributed by atoms with van der Waals surface area (Å²) in [5.74, 6) is -0.418. The number of piperidine rings is 1. The molecule has 1 saturated heterocycles. The monoisotopic (exact) mass is 343 g/mol. The smallest absolute Gasteiger partial charge is 0.255 e. The number of hydrogen-bond acceptors (Lipinski definition) is 3. The van der Waals surface area contributed by atoms with Crippen LogP contribution in [0.1, 0.15) is 23.2 Å². The molecule has 22 heavy (non-hydrogen) atoms. The van der Waals surface area contributed by atoms with Crippen LogP contribution in [0.2, 0.25) is 10.0 Å². The number of carbonyl (C=O) groups is 2. The Bertz CT molecular complexity index is 566. The first-order chi connectivity index (χ1) is 10.5. The van der Waals surface area contributed by atoms with E-state index in [1.807, 2.05) is 0 Å². The quantitative estimate of drug-likeness (QED) is 0.876. The molecule has 7 heteroatoms. The second-order valence-electron chi connectivity index (χ2n) is 5.29. The van der Waals surface area contributed by atoms with Crippen LogP contribution >= 0.6 is 23.2 Å². The molecule has 0 saturated carbocycles. The van der Waals surface area contributed by atoms with E-state index in [9.17, 15) is 9.59 Å². The van der Waals surface area contributed by atoms with Crippen molar-refractivity contribution < 1.29 is 9.59 Å². The summed E-state index contributed by atoms with van der Waals surface area (Å²) in [5, 5.41) is 3.59. The van der Waals surface area contributed by atoms with Gasteiger partial charge in [-0.05, 0) is 31.0 Å². The molecular weight excluding hydrogens is 325 g/mol. The molecule has 1 aromatic carbocycles. The normalized spacial score (nSPS) is 18.1. The van der Waals surface area contributed by atoms with Crippen LogP contribution in [0.4, 0.5) is 0 Å². The largest absolute Gasteiger partial charge is 0.355 e. The summed E-state index contributed by atoms with van der Waals surface area (Å²) in [6.07, 6.45) is 1.56. The van der Waals surface area contributed by atoms with Gasteiger partial charge in [-0.25, -0.2) is 0 Å². The first-order valence-corrected chi connectivity index (χ1v) is 8.00. The van der Waals surface area contributed by atoms with E-state index in [0.717, 1.165) is 12.8 Å². The molecule has 5 nitrogen and oxygen atoms in total. The van der Waals surface area contributed by atoms with Gasteiger partial charge in [0.15, 0.2) is 0 Å². The van der Waals surface area contributed by atoms with Crippen LogP contribution in [0.15, 0.2) is 18.2 Å². The molecule has 2 amide bonds. The number of rotatable bonds is 4. The molecule has 1 aliphatic rings. The molecule has 2 rings (SSSR count).